The summed E-state index contributed by atoms with van der Waals surface area (Å²) in [4.78, 5) is 0. The molecule has 1 aliphatic carbocycles. The number of rotatable bonds is 5. The molecule has 1 heterocycles. The van der Waals surface area contributed by atoms with Gasteiger partial charge < -0.3 is 0 Å². The monoisotopic (exact) mass is 644 g/mol. The number of hydrogen-bond donors (Lipinski definition) is 0. The molecule has 1 atom stereocenters. The molecule has 0 aromatic heterocycles. The maximum absolute atomic E-state index is 7.91. The summed E-state index contributed by atoms with van der Waals surface area (Å²) in [7, 11) is 15.2. The molecule has 0 nitrogen and oxygen atoms in total. The zero-order chi connectivity index (χ0) is 27.5. The van der Waals surface area contributed by atoms with Crippen LogP contribution in [-0.2, 0) is 30.7 Å². The first kappa shape index (κ1) is 27.5. The molecule has 1 aliphatic heterocycles. The van der Waals surface area contributed by atoms with Gasteiger partial charge in [0.2, 0.25) is 0 Å². The zero-order valence-corrected chi connectivity index (χ0v) is 28.9. The van der Waals surface area contributed by atoms with E-state index in [1.807, 2.05) is 0 Å². The van der Waals surface area contributed by atoms with Crippen LogP contribution in [0.15, 0.2) is 84.4 Å². The Balaban J connectivity index is 1.58. The summed E-state index contributed by atoms with van der Waals surface area (Å²) in [5.41, 5.74) is 12.3. The van der Waals surface area contributed by atoms with Gasteiger partial charge in [0, 0.05) is 0 Å². The average Bonchev–Trinajstić information content (AvgIpc) is 3.52. The van der Waals surface area contributed by atoms with Gasteiger partial charge in [-0.05, 0) is 0 Å². The molecule has 1 unspecified atom stereocenters. The van der Waals surface area contributed by atoms with Crippen molar-refractivity contribution in [3.8, 4) is 22.3 Å². The molecule has 6 rings (SSSR count). The number of allylic oxidation sites excluding steroid dienone is 1. The fourth-order valence-electron chi connectivity index (χ4n) is 6.84. The first-order valence-electron chi connectivity index (χ1n) is 14.2. The molecule has 4 aromatic carbocycles. The summed E-state index contributed by atoms with van der Waals surface area (Å²) in [6.07, 6.45) is 4.49. The van der Waals surface area contributed by atoms with Crippen molar-refractivity contribution in [2.24, 2.45) is 5.41 Å². The standard InChI is InChI=1S/C23H27.C12H9Si.2ClH.Zr/c1-6-16-10-8-9-11-20(16)22-17(7-2)12-13-18-14-19(15-21(18)22)23(3,4)5;1-3-7-11-9(5-1)10-6-2-4-8-12(10)13-11;;;/h8-15H,6-7H2,1-5H3;1-7H,13H2;2*1H;/q;;;;+2/p-2. The molecule has 0 saturated carbocycles. The summed E-state index contributed by atoms with van der Waals surface area (Å²) in [6, 6.07) is 29.3. The number of benzene rings is 4. The number of fused-ring (bicyclic) bond motifs is 4. The van der Waals surface area contributed by atoms with Crippen molar-refractivity contribution in [2.45, 2.75) is 51.1 Å². The van der Waals surface area contributed by atoms with Crippen molar-refractivity contribution in [2.75, 3.05) is 0 Å². The summed E-state index contributed by atoms with van der Waals surface area (Å²) in [5.74, 6) is 0. The molecule has 4 aromatic rings. The van der Waals surface area contributed by atoms with E-state index in [4.69, 9.17) is 17.0 Å². The molecule has 39 heavy (non-hydrogen) atoms. The van der Waals surface area contributed by atoms with E-state index in [1.54, 1.807) is 0 Å². The minimum atomic E-state index is -4.03. The van der Waals surface area contributed by atoms with E-state index in [0.717, 1.165) is 12.8 Å². The summed E-state index contributed by atoms with van der Waals surface area (Å²) in [6.45, 7) is 11.5. The fraction of sp³-hybridized carbons (Fsp3) is 0.257. The normalized spacial score (nSPS) is 16.7. The topological polar surface area (TPSA) is 0 Å². The SMILES string of the molecule is CCc1ccccc1-c1c(CC)ccc2c1C=C(C(C)(C)C)[CH]2[Zr]([Cl])([Cl])[c]1cccc2c1[SiH2]c1ccccc1-2. The van der Waals surface area contributed by atoms with Crippen LogP contribution < -0.4 is 13.6 Å². The van der Waals surface area contributed by atoms with Crippen molar-refractivity contribution in [3.05, 3.63) is 107 Å². The fourth-order valence-corrected chi connectivity index (χ4v) is 24.0. The van der Waals surface area contributed by atoms with Gasteiger partial charge in [-0.25, -0.2) is 0 Å². The predicted octanol–water partition coefficient (Wildman–Crippen LogP) is 7.85. The Morgan fingerprint density at radius 2 is 1.41 bits per heavy atom. The third kappa shape index (κ3) is 4.51. The third-order valence-electron chi connectivity index (χ3n) is 8.77. The second-order valence-corrected chi connectivity index (χ2v) is 27.9. The van der Waals surface area contributed by atoms with Gasteiger partial charge in [0.05, 0.1) is 0 Å². The van der Waals surface area contributed by atoms with Crippen LogP contribution in [0.2, 0.25) is 0 Å². The Morgan fingerprint density at radius 1 is 0.744 bits per heavy atom. The van der Waals surface area contributed by atoms with Crippen LogP contribution in [0.3, 0.4) is 0 Å². The van der Waals surface area contributed by atoms with Gasteiger partial charge in [0.1, 0.15) is 0 Å². The van der Waals surface area contributed by atoms with Gasteiger partial charge in [-0.2, -0.15) is 0 Å². The van der Waals surface area contributed by atoms with Crippen LogP contribution in [0.25, 0.3) is 28.3 Å². The van der Waals surface area contributed by atoms with E-state index in [2.05, 4.69) is 120 Å². The Hall–Kier alpha value is -1.70. The van der Waals surface area contributed by atoms with Crippen LogP contribution in [0, 0.1) is 5.41 Å². The summed E-state index contributed by atoms with van der Waals surface area (Å²) < 4.78 is 1.39. The van der Waals surface area contributed by atoms with Crippen molar-refractivity contribution in [1.29, 1.82) is 0 Å². The van der Waals surface area contributed by atoms with E-state index in [-0.39, 0.29) is 9.04 Å². The molecule has 0 saturated heterocycles. The van der Waals surface area contributed by atoms with Gasteiger partial charge in [0.15, 0.2) is 0 Å². The van der Waals surface area contributed by atoms with Crippen LogP contribution in [0.1, 0.15) is 60.5 Å². The van der Waals surface area contributed by atoms with Crippen LogP contribution >= 0.6 is 17.0 Å². The molecule has 0 radical (unpaired) electrons. The van der Waals surface area contributed by atoms with E-state index >= 15 is 0 Å². The Kier molecular flexibility index (Phi) is 7.25. The van der Waals surface area contributed by atoms with Gasteiger partial charge >= 0.3 is 250 Å². The molecule has 0 bridgehead atoms. The molecule has 4 heteroatoms. The predicted molar refractivity (Wildman–Crippen MR) is 172 cm³/mol. The first-order valence-corrected chi connectivity index (χ1v) is 24.6. The van der Waals surface area contributed by atoms with Gasteiger partial charge in [0.25, 0.3) is 0 Å². The quantitative estimate of drug-likeness (QED) is 0.171. The van der Waals surface area contributed by atoms with Gasteiger partial charge in [-0.15, -0.1) is 0 Å². The third-order valence-corrected chi connectivity index (χ3v) is 23.0. The summed E-state index contributed by atoms with van der Waals surface area (Å²) >= 11 is -4.03. The molecule has 0 N–H and O–H groups in total. The van der Waals surface area contributed by atoms with Crippen molar-refractivity contribution < 1.29 is 17.9 Å². The van der Waals surface area contributed by atoms with E-state index in [1.165, 1.54) is 63.7 Å². The molecular weight excluding hydrogens is 611 g/mol. The Morgan fingerprint density at radius 3 is 2.13 bits per heavy atom. The second-order valence-electron chi connectivity index (χ2n) is 12.0. The molecule has 198 valence electrons. The number of halogens is 2. The molecule has 0 fully saturated rings. The van der Waals surface area contributed by atoms with Gasteiger partial charge in [-0.3, -0.25) is 0 Å². The van der Waals surface area contributed by atoms with Crippen molar-refractivity contribution in [1.82, 2.24) is 0 Å². The molecule has 0 amide bonds. The van der Waals surface area contributed by atoms with E-state index < -0.39 is 27.4 Å². The van der Waals surface area contributed by atoms with Crippen LogP contribution in [0.4, 0.5) is 0 Å². The van der Waals surface area contributed by atoms with Crippen LogP contribution in [0.5, 0.6) is 0 Å². The number of hydrogen-bond acceptors (Lipinski definition) is 0. The minimum absolute atomic E-state index is 0.0398. The second kappa shape index (κ2) is 10.3. The van der Waals surface area contributed by atoms with Crippen LogP contribution in [-0.4, -0.2) is 9.52 Å². The van der Waals surface area contributed by atoms with E-state index in [9.17, 15) is 0 Å². The number of aryl methyl sites for hydroxylation is 2. The first-order chi connectivity index (χ1) is 18.7. The molecular formula is C35H36Cl2SiZr. The van der Waals surface area contributed by atoms with Crippen molar-refractivity contribution >= 4 is 46.3 Å². The molecule has 2 aliphatic rings. The summed E-state index contributed by atoms with van der Waals surface area (Å²) in [5, 5.41) is 3.00. The van der Waals surface area contributed by atoms with E-state index in [0.29, 0.717) is 0 Å². The zero-order valence-electron chi connectivity index (χ0n) is 23.5. The van der Waals surface area contributed by atoms with Crippen molar-refractivity contribution in [3.63, 3.8) is 0 Å². The Bertz CT molecular complexity index is 1630. The average molecular weight is 647 g/mol. The van der Waals surface area contributed by atoms with Gasteiger partial charge in [-0.1, -0.05) is 0 Å². The molecule has 0 spiro atoms. The Labute approximate surface area is 247 Å². The maximum atomic E-state index is 7.91.